The third-order valence-corrected chi connectivity index (χ3v) is 5.90. The van der Waals surface area contributed by atoms with Gasteiger partial charge in [-0.15, -0.1) is 0 Å². The Morgan fingerprint density at radius 3 is 2.45 bits per heavy atom. The van der Waals surface area contributed by atoms with Crippen LogP contribution in [0.2, 0.25) is 10.0 Å². The summed E-state index contributed by atoms with van der Waals surface area (Å²) in [5.74, 6) is 0.500. The number of ketones is 1. The molecule has 31 heavy (non-hydrogen) atoms. The second-order valence-corrected chi connectivity index (χ2v) is 9.82. The predicted molar refractivity (Wildman–Crippen MR) is 124 cm³/mol. The molecular formula is C22H27Cl2NO5S. The van der Waals surface area contributed by atoms with Crippen molar-refractivity contribution in [1.29, 1.82) is 0 Å². The van der Waals surface area contributed by atoms with Crippen LogP contribution in [-0.4, -0.2) is 39.7 Å². The molecule has 2 aromatic rings. The zero-order chi connectivity index (χ0) is 23.2. The summed E-state index contributed by atoms with van der Waals surface area (Å²) in [4.78, 5) is 13.0. The van der Waals surface area contributed by atoms with E-state index in [0.29, 0.717) is 29.8 Å². The summed E-state index contributed by atoms with van der Waals surface area (Å²) in [5, 5.41) is 0.348. The van der Waals surface area contributed by atoms with Crippen LogP contribution in [0.25, 0.3) is 0 Å². The number of hydrogen-bond donors (Lipinski definition) is 1. The highest BCUT2D eigenvalue weighted by Gasteiger charge is 2.20. The van der Waals surface area contributed by atoms with Gasteiger partial charge in [0.1, 0.15) is 5.75 Å². The molecule has 0 spiro atoms. The number of carbonyl (C=O) groups is 1. The lowest BCUT2D eigenvalue weighted by atomic mass is 9.95. The molecule has 0 amide bonds. The predicted octanol–water partition coefficient (Wildman–Crippen LogP) is 4.23. The minimum absolute atomic E-state index is 0.0252. The molecule has 0 atom stereocenters. The number of halogens is 2. The quantitative estimate of drug-likeness (QED) is 0.376. The van der Waals surface area contributed by atoms with Gasteiger partial charge in [-0.2, -0.15) is 8.42 Å². The molecule has 170 valence electrons. The molecule has 0 bridgehead atoms. The Hall–Kier alpha value is -1.64. The van der Waals surface area contributed by atoms with Gasteiger partial charge in [0.2, 0.25) is 0 Å². The second-order valence-electron chi connectivity index (χ2n) is 7.42. The molecule has 6 nitrogen and oxygen atoms in total. The van der Waals surface area contributed by atoms with E-state index in [9.17, 15) is 13.2 Å². The molecular weight excluding hydrogens is 461 g/mol. The highest BCUT2D eigenvalue weighted by atomic mass is 35.5. The highest BCUT2D eigenvalue weighted by molar-refractivity contribution is 7.85. The molecule has 0 aliphatic heterocycles. The van der Waals surface area contributed by atoms with Gasteiger partial charge in [-0.1, -0.05) is 35.3 Å². The van der Waals surface area contributed by atoms with Gasteiger partial charge in [0.15, 0.2) is 5.78 Å². The molecule has 2 N–H and O–H groups in total. The van der Waals surface area contributed by atoms with Crippen LogP contribution in [0, 0.1) is 0 Å². The van der Waals surface area contributed by atoms with Crippen molar-refractivity contribution in [2.24, 2.45) is 5.73 Å². The van der Waals surface area contributed by atoms with Crippen LogP contribution >= 0.6 is 23.2 Å². The van der Waals surface area contributed by atoms with E-state index in [2.05, 4.69) is 0 Å². The Bertz CT molecular complexity index is 1040. The van der Waals surface area contributed by atoms with Crippen molar-refractivity contribution in [2.45, 2.75) is 39.2 Å². The van der Waals surface area contributed by atoms with Crippen molar-refractivity contribution in [3.05, 3.63) is 62.6 Å². The first-order valence-corrected chi connectivity index (χ1v) is 12.4. The van der Waals surface area contributed by atoms with Crippen LogP contribution in [-0.2, 0) is 33.6 Å². The largest absolute Gasteiger partial charge is 0.491 e. The van der Waals surface area contributed by atoms with Crippen LogP contribution in [0.1, 0.15) is 40.9 Å². The number of ether oxygens (including phenoxy) is 1. The number of benzene rings is 2. The summed E-state index contributed by atoms with van der Waals surface area (Å²) in [7, 11) is -3.57. The Balaban J connectivity index is 2.30. The van der Waals surface area contributed by atoms with Crippen LogP contribution in [0.3, 0.4) is 0 Å². The number of carbonyl (C=O) groups excluding carboxylic acids is 1. The van der Waals surface area contributed by atoms with E-state index in [1.54, 1.807) is 6.07 Å². The number of nitrogens with two attached hydrogens (primary N) is 1. The second kappa shape index (κ2) is 11.3. The fourth-order valence-electron chi connectivity index (χ4n) is 3.14. The van der Waals surface area contributed by atoms with E-state index < -0.39 is 10.1 Å². The van der Waals surface area contributed by atoms with E-state index in [1.807, 2.05) is 38.1 Å². The number of hydrogen-bond acceptors (Lipinski definition) is 6. The maximum atomic E-state index is 13.0. The summed E-state index contributed by atoms with van der Waals surface area (Å²) < 4.78 is 33.0. The molecule has 0 aliphatic rings. The van der Waals surface area contributed by atoms with Crippen molar-refractivity contribution in [3.8, 4) is 5.75 Å². The maximum Gasteiger partial charge on any atom is 0.264 e. The van der Waals surface area contributed by atoms with E-state index in [-0.39, 0.29) is 41.4 Å². The molecule has 0 fully saturated rings. The van der Waals surface area contributed by atoms with Gasteiger partial charge < -0.3 is 10.5 Å². The topological polar surface area (TPSA) is 95.7 Å². The molecule has 2 aromatic carbocycles. The standard InChI is InChI=1S/C22H27Cl2NO5S/c1-14(2)30-17-6-4-5-15(11-17)12-20(26)19-13-16(7-9-25)18(21(23)22(19)24)8-10-29-31(3,27)28/h4-6,11,13-14H,7-10,12,25H2,1-3H3. The van der Waals surface area contributed by atoms with Crippen LogP contribution in [0.5, 0.6) is 5.75 Å². The van der Waals surface area contributed by atoms with Gasteiger partial charge in [0.05, 0.1) is 29.0 Å². The van der Waals surface area contributed by atoms with Gasteiger partial charge in [0.25, 0.3) is 10.1 Å². The summed E-state index contributed by atoms with van der Waals surface area (Å²) in [5.41, 5.74) is 8.19. The van der Waals surface area contributed by atoms with E-state index in [1.165, 1.54) is 0 Å². The molecule has 0 aromatic heterocycles. The molecule has 9 heteroatoms. The summed E-state index contributed by atoms with van der Waals surface area (Å²) in [6.45, 7) is 4.12. The molecule has 0 unspecified atom stereocenters. The SMILES string of the molecule is CC(C)Oc1cccc(CC(=O)c2cc(CCN)c(CCOS(C)(=O)=O)c(Cl)c2Cl)c1. The fourth-order valence-corrected chi connectivity index (χ4v) is 4.12. The van der Waals surface area contributed by atoms with Gasteiger partial charge >= 0.3 is 0 Å². The summed E-state index contributed by atoms with van der Waals surface area (Å²) in [6.07, 6.45) is 1.82. The highest BCUT2D eigenvalue weighted by Crippen LogP contribution is 2.34. The average Bonchev–Trinajstić information content (AvgIpc) is 2.65. The lowest BCUT2D eigenvalue weighted by Gasteiger charge is -2.16. The molecule has 0 saturated carbocycles. The monoisotopic (exact) mass is 487 g/mol. The van der Waals surface area contributed by atoms with Gasteiger partial charge in [-0.25, -0.2) is 0 Å². The van der Waals surface area contributed by atoms with Gasteiger partial charge in [-0.3, -0.25) is 8.98 Å². The summed E-state index contributed by atoms with van der Waals surface area (Å²) in [6, 6.07) is 9.03. The van der Waals surface area contributed by atoms with E-state index >= 15 is 0 Å². The van der Waals surface area contributed by atoms with Crippen LogP contribution < -0.4 is 10.5 Å². The van der Waals surface area contributed by atoms with Crippen molar-refractivity contribution >= 4 is 39.1 Å². The molecule has 0 heterocycles. The minimum atomic E-state index is -3.57. The van der Waals surface area contributed by atoms with Crippen molar-refractivity contribution in [1.82, 2.24) is 0 Å². The lowest BCUT2D eigenvalue weighted by molar-refractivity contribution is 0.0993. The van der Waals surface area contributed by atoms with Crippen molar-refractivity contribution in [2.75, 3.05) is 19.4 Å². The maximum absolute atomic E-state index is 13.0. The molecule has 2 rings (SSSR count). The molecule has 0 saturated heterocycles. The smallest absolute Gasteiger partial charge is 0.264 e. The third-order valence-electron chi connectivity index (χ3n) is 4.40. The summed E-state index contributed by atoms with van der Waals surface area (Å²) >= 11 is 12.9. The van der Waals surface area contributed by atoms with Gasteiger partial charge in [0, 0.05) is 12.0 Å². The Kier molecular flexibility index (Phi) is 9.33. The fraction of sp³-hybridized carbons (Fsp3) is 0.409. The first kappa shape index (κ1) is 25.6. The lowest BCUT2D eigenvalue weighted by Crippen LogP contribution is -2.13. The van der Waals surface area contributed by atoms with E-state index in [0.717, 1.165) is 17.4 Å². The zero-order valence-electron chi connectivity index (χ0n) is 17.8. The first-order chi connectivity index (χ1) is 14.5. The Morgan fingerprint density at radius 2 is 1.84 bits per heavy atom. The normalized spacial score (nSPS) is 11.7. The number of rotatable bonds is 11. The minimum Gasteiger partial charge on any atom is -0.491 e. The Morgan fingerprint density at radius 1 is 1.13 bits per heavy atom. The van der Waals surface area contributed by atoms with E-state index in [4.69, 9.17) is 37.9 Å². The first-order valence-electron chi connectivity index (χ1n) is 9.84. The molecule has 0 aliphatic carbocycles. The van der Waals surface area contributed by atoms with Crippen molar-refractivity contribution in [3.63, 3.8) is 0 Å². The third kappa shape index (κ3) is 7.77. The molecule has 0 radical (unpaired) electrons. The van der Waals surface area contributed by atoms with Crippen LogP contribution in [0.4, 0.5) is 0 Å². The zero-order valence-corrected chi connectivity index (χ0v) is 20.1. The number of Topliss-reactive ketones (excluding diaryl/α,β-unsaturated/α-hetero) is 1. The van der Waals surface area contributed by atoms with Crippen LogP contribution in [0.15, 0.2) is 30.3 Å². The Labute approximate surface area is 193 Å². The van der Waals surface area contributed by atoms with Crippen molar-refractivity contribution < 1.29 is 22.1 Å². The van der Waals surface area contributed by atoms with Gasteiger partial charge in [-0.05, 0) is 68.1 Å². The average molecular weight is 488 g/mol.